The summed E-state index contributed by atoms with van der Waals surface area (Å²) >= 11 is 0. The molecule has 0 saturated heterocycles. The summed E-state index contributed by atoms with van der Waals surface area (Å²) in [5, 5.41) is 12.2. The third-order valence-electron chi connectivity index (χ3n) is 2.79. The second kappa shape index (κ2) is 4.52. The van der Waals surface area contributed by atoms with Crippen LogP contribution >= 0.6 is 0 Å². The zero-order valence-electron chi connectivity index (χ0n) is 10.9. The molecule has 18 heavy (non-hydrogen) atoms. The van der Waals surface area contributed by atoms with Crippen LogP contribution in [0.5, 0.6) is 5.75 Å². The largest absolute Gasteiger partial charge is 0.508 e. The fourth-order valence-electron chi connectivity index (χ4n) is 1.94. The van der Waals surface area contributed by atoms with Crippen LogP contribution in [-0.2, 0) is 4.74 Å². The number of alkyl carbamates (subject to hydrolysis) is 1. The third-order valence-corrected chi connectivity index (χ3v) is 2.79. The molecule has 2 rings (SSSR count). The van der Waals surface area contributed by atoms with Crippen molar-refractivity contribution in [3.63, 3.8) is 0 Å². The average molecular weight is 249 g/mol. The lowest BCUT2D eigenvalue weighted by atomic mass is 10.1. The van der Waals surface area contributed by atoms with Crippen LogP contribution < -0.4 is 5.32 Å². The third kappa shape index (κ3) is 3.39. The molecule has 1 aliphatic carbocycles. The number of nitrogens with one attached hydrogen (secondary N) is 1. The molecule has 0 aromatic heterocycles. The van der Waals surface area contributed by atoms with Crippen molar-refractivity contribution in [1.82, 2.24) is 5.32 Å². The highest BCUT2D eigenvalue weighted by Crippen LogP contribution is 2.41. The fraction of sp³-hybridized carbons (Fsp3) is 0.500. The SMILES string of the molecule is CC(C)(C)OC(=O)NC1CC1c1cccc(O)c1. The highest BCUT2D eigenvalue weighted by Gasteiger charge is 2.40. The first-order chi connectivity index (χ1) is 8.35. The summed E-state index contributed by atoms with van der Waals surface area (Å²) < 4.78 is 5.20. The molecular formula is C14H19NO3. The molecule has 1 aromatic carbocycles. The van der Waals surface area contributed by atoms with Crippen molar-refractivity contribution in [2.45, 2.75) is 44.8 Å². The molecule has 2 unspecified atom stereocenters. The second-order valence-corrected chi connectivity index (χ2v) is 5.69. The van der Waals surface area contributed by atoms with Gasteiger partial charge in [0.25, 0.3) is 0 Å². The minimum absolute atomic E-state index is 0.113. The van der Waals surface area contributed by atoms with Gasteiger partial charge in [-0.25, -0.2) is 4.79 Å². The van der Waals surface area contributed by atoms with E-state index >= 15 is 0 Å². The van der Waals surface area contributed by atoms with Crippen LogP contribution in [0.15, 0.2) is 24.3 Å². The van der Waals surface area contributed by atoms with Gasteiger partial charge in [0.05, 0.1) is 0 Å². The number of ether oxygens (including phenoxy) is 1. The maximum absolute atomic E-state index is 11.6. The summed E-state index contributed by atoms with van der Waals surface area (Å²) in [5.74, 6) is 0.542. The molecule has 1 aliphatic rings. The van der Waals surface area contributed by atoms with E-state index in [9.17, 15) is 9.90 Å². The number of amides is 1. The number of carbonyl (C=O) groups is 1. The van der Waals surface area contributed by atoms with Crippen molar-refractivity contribution in [1.29, 1.82) is 0 Å². The molecule has 0 heterocycles. The lowest BCUT2D eigenvalue weighted by Crippen LogP contribution is -2.34. The fourth-order valence-corrected chi connectivity index (χ4v) is 1.94. The van der Waals surface area contributed by atoms with Crippen LogP contribution in [0.3, 0.4) is 0 Å². The normalized spacial score (nSPS) is 22.4. The molecule has 0 bridgehead atoms. The van der Waals surface area contributed by atoms with Gasteiger partial charge in [-0.3, -0.25) is 0 Å². The Morgan fingerprint density at radius 2 is 2.17 bits per heavy atom. The Morgan fingerprint density at radius 3 is 2.78 bits per heavy atom. The van der Waals surface area contributed by atoms with Crippen molar-refractivity contribution in [2.24, 2.45) is 0 Å². The van der Waals surface area contributed by atoms with Gasteiger partial charge in [0.1, 0.15) is 11.4 Å². The van der Waals surface area contributed by atoms with Gasteiger partial charge in [0, 0.05) is 12.0 Å². The van der Waals surface area contributed by atoms with Crippen molar-refractivity contribution in [3.05, 3.63) is 29.8 Å². The monoisotopic (exact) mass is 249 g/mol. The molecule has 1 saturated carbocycles. The maximum Gasteiger partial charge on any atom is 0.407 e. The van der Waals surface area contributed by atoms with Crippen molar-refractivity contribution >= 4 is 6.09 Å². The minimum atomic E-state index is -0.473. The minimum Gasteiger partial charge on any atom is -0.508 e. The molecule has 4 heteroatoms. The summed E-state index contributed by atoms with van der Waals surface area (Å²) in [6.07, 6.45) is 0.512. The number of hydrogen-bond donors (Lipinski definition) is 2. The lowest BCUT2D eigenvalue weighted by molar-refractivity contribution is 0.0523. The van der Waals surface area contributed by atoms with E-state index in [0.29, 0.717) is 0 Å². The number of benzene rings is 1. The number of aromatic hydroxyl groups is 1. The van der Waals surface area contributed by atoms with E-state index in [-0.39, 0.29) is 23.8 Å². The first-order valence-electron chi connectivity index (χ1n) is 6.13. The number of phenols is 1. The second-order valence-electron chi connectivity index (χ2n) is 5.69. The predicted molar refractivity (Wildman–Crippen MR) is 68.6 cm³/mol. The van der Waals surface area contributed by atoms with Crippen LogP contribution in [0, 0.1) is 0 Å². The van der Waals surface area contributed by atoms with Gasteiger partial charge in [-0.15, -0.1) is 0 Å². The summed E-state index contributed by atoms with van der Waals surface area (Å²) in [7, 11) is 0. The predicted octanol–water partition coefficient (Wildman–Crippen LogP) is 2.77. The van der Waals surface area contributed by atoms with Gasteiger partial charge in [0.15, 0.2) is 0 Å². The van der Waals surface area contributed by atoms with Gasteiger partial charge >= 0.3 is 6.09 Å². The molecule has 2 N–H and O–H groups in total. The summed E-state index contributed by atoms with van der Waals surface area (Å²) in [6.45, 7) is 5.52. The highest BCUT2D eigenvalue weighted by molar-refractivity contribution is 5.69. The van der Waals surface area contributed by atoms with Crippen molar-refractivity contribution in [3.8, 4) is 5.75 Å². The quantitative estimate of drug-likeness (QED) is 0.847. The van der Waals surface area contributed by atoms with E-state index < -0.39 is 5.60 Å². The number of rotatable bonds is 2. The number of hydrogen-bond acceptors (Lipinski definition) is 3. The van der Waals surface area contributed by atoms with E-state index in [2.05, 4.69) is 5.32 Å². The summed E-state index contributed by atoms with van der Waals surface area (Å²) in [6, 6.07) is 7.26. The summed E-state index contributed by atoms with van der Waals surface area (Å²) in [4.78, 5) is 11.6. The smallest absolute Gasteiger partial charge is 0.407 e. The number of phenolic OH excluding ortho intramolecular Hbond substituents is 1. The molecule has 98 valence electrons. The standard InChI is InChI=1S/C14H19NO3/c1-14(2,3)18-13(17)15-12-8-11(12)9-5-4-6-10(16)7-9/h4-7,11-12,16H,8H2,1-3H3,(H,15,17). The molecule has 1 fully saturated rings. The van der Waals surface area contributed by atoms with E-state index in [1.807, 2.05) is 32.9 Å². The molecular weight excluding hydrogens is 230 g/mol. The topological polar surface area (TPSA) is 58.6 Å². The van der Waals surface area contributed by atoms with Gasteiger partial charge in [-0.1, -0.05) is 12.1 Å². The first kappa shape index (κ1) is 12.7. The highest BCUT2D eigenvalue weighted by atomic mass is 16.6. The molecule has 0 spiro atoms. The van der Waals surface area contributed by atoms with Gasteiger partial charge in [0.2, 0.25) is 0 Å². The van der Waals surface area contributed by atoms with E-state index in [1.165, 1.54) is 0 Å². The number of carbonyl (C=O) groups excluding carboxylic acids is 1. The molecule has 4 nitrogen and oxygen atoms in total. The molecule has 1 aromatic rings. The maximum atomic E-state index is 11.6. The van der Waals surface area contributed by atoms with Crippen LogP contribution in [0.2, 0.25) is 0 Å². The van der Waals surface area contributed by atoms with E-state index in [4.69, 9.17) is 4.74 Å². The van der Waals surface area contributed by atoms with Crippen LogP contribution in [0.1, 0.15) is 38.7 Å². The Morgan fingerprint density at radius 1 is 1.44 bits per heavy atom. The van der Waals surface area contributed by atoms with Crippen LogP contribution in [-0.4, -0.2) is 22.8 Å². The van der Waals surface area contributed by atoms with E-state index in [0.717, 1.165) is 12.0 Å². The van der Waals surface area contributed by atoms with Crippen molar-refractivity contribution < 1.29 is 14.6 Å². The molecule has 2 atom stereocenters. The Balaban J connectivity index is 1.87. The Bertz CT molecular complexity index is 451. The van der Waals surface area contributed by atoms with Gasteiger partial charge in [-0.2, -0.15) is 0 Å². The Labute approximate surface area is 107 Å². The molecule has 1 amide bonds. The van der Waals surface area contributed by atoms with Gasteiger partial charge in [-0.05, 0) is 44.9 Å². The Kier molecular flexibility index (Phi) is 3.20. The Hall–Kier alpha value is -1.71. The zero-order valence-corrected chi connectivity index (χ0v) is 10.9. The van der Waals surface area contributed by atoms with Gasteiger partial charge < -0.3 is 15.2 Å². The van der Waals surface area contributed by atoms with E-state index in [1.54, 1.807) is 12.1 Å². The summed E-state index contributed by atoms with van der Waals surface area (Å²) in [5.41, 5.74) is 0.579. The average Bonchev–Trinajstić information content (AvgIpc) is 2.93. The zero-order chi connectivity index (χ0) is 13.3. The van der Waals surface area contributed by atoms with Crippen LogP contribution in [0.4, 0.5) is 4.79 Å². The van der Waals surface area contributed by atoms with Crippen LogP contribution in [0.25, 0.3) is 0 Å². The first-order valence-corrected chi connectivity index (χ1v) is 6.13. The molecule has 0 aliphatic heterocycles. The van der Waals surface area contributed by atoms with Crippen molar-refractivity contribution in [2.75, 3.05) is 0 Å². The lowest BCUT2D eigenvalue weighted by Gasteiger charge is -2.19. The molecule has 0 radical (unpaired) electrons.